The molecule has 3 N–H and O–H groups in total. The fourth-order valence-corrected chi connectivity index (χ4v) is 1.86. The monoisotopic (exact) mass is 242 g/mol. The summed E-state index contributed by atoms with van der Waals surface area (Å²) >= 11 is 0. The van der Waals surface area contributed by atoms with Gasteiger partial charge in [-0.15, -0.1) is 0 Å². The van der Waals surface area contributed by atoms with Crippen molar-refractivity contribution in [2.75, 3.05) is 6.54 Å². The van der Waals surface area contributed by atoms with E-state index in [-0.39, 0.29) is 11.9 Å². The number of hydrogen-bond acceptors (Lipinski definition) is 2. The number of rotatable bonds is 7. The highest BCUT2D eigenvalue weighted by atomic mass is 16.1. The molecule has 0 spiro atoms. The van der Waals surface area contributed by atoms with Gasteiger partial charge in [0.25, 0.3) is 0 Å². The molecule has 0 aliphatic carbocycles. The third kappa shape index (κ3) is 10.3. The number of nitrogens with one attached hydrogen (secondary N) is 1. The van der Waals surface area contributed by atoms with E-state index >= 15 is 0 Å². The SMILES string of the molecule is CC(C)CC(CN)NC(=O)CCCC(C)(C)C. The predicted molar refractivity (Wildman–Crippen MR) is 73.7 cm³/mol. The van der Waals surface area contributed by atoms with Crippen molar-refractivity contribution in [3.63, 3.8) is 0 Å². The minimum Gasteiger partial charge on any atom is -0.352 e. The summed E-state index contributed by atoms with van der Waals surface area (Å²) in [6.07, 6.45) is 3.61. The highest BCUT2D eigenvalue weighted by Crippen LogP contribution is 2.21. The van der Waals surface area contributed by atoms with Crippen LogP contribution in [-0.2, 0) is 4.79 Å². The Bertz CT molecular complexity index is 219. The molecule has 1 unspecified atom stereocenters. The van der Waals surface area contributed by atoms with Crippen LogP contribution < -0.4 is 11.1 Å². The number of hydrogen-bond donors (Lipinski definition) is 2. The molecule has 0 fully saturated rings. The Balaban J connectivity index is 3.83. The number of carbonyl (C=O) groups excluding carboxylic acids is 1. The summed E-state index contributed by atoms with van der Waals surface area (Å²) < 4.78 is 0. The highest BCUT2D eigenvalue weighted by Gasteiger charge is 2.14. The van der Waals surface area contributed by atoms with Crippen molar-refractivity contribution in [2.45, 2.75) is 66.3 Å². The zero-order valence-corrected chi connectivity index (χ0v) is 12.2. The lowest BCUT2D eigenvalue weighted by Gasteiger charge is -2.20. The summed E-state index contributed by atoms with van der Waals surface area (Å²) in [5.74, 6) is 0.712. The third-order valence-corrected chi connectivity index (χ3v) is 2.74. The second-order valence-electron chi connectivity index (χ2n) is 6.54. The molecule has 1 amide bonds. The molecule has 0 radical (unpaired) electrons. The van der Waals surface area contributed by atoms with Crippen molar-refractivity contribution in [3.8, 4) is 0 Å². The molecule has 0 heterocycles. The van der Waals surface area contributed by atoms with Crippen LogP contribution in [0.4, 0.5) is 0 Å². The van der Waals surface area contributed by atoms with Gasteiger partial charge in [0.05, 0.1) is 0 Å². The molecule has 3 nitrogen and oxygen atoms in total. The Hall–Kier alpha value is -0.570. The maximum Gasteiger partial charge on any atom is 0.220 e. The number of carbonyl (C=O) groups is 1. The molecule has 0 aromatic carbocycles. The molecule has 0 saturated heterocycles. The van der Waals surface area contributed by atoms with Gasteiger partial charge in [0.1, 0.15) is 0 Å². The Labute approximate surface area is 107 Å². The minimum atomic E-state index is 0.136. The molecule has 0 aromatic heterocycles. The zero-order chi connectivity index (χ0) is 13.5. The van der Waals surface area contributed by atoms with Crippen LogP contribution >= 0.6 is 0 Å². The third-order valence-electron chi connectivity index (χ3n) is 2.74. The Morgan fingerprint density at radius 2 is 1.88 bits per heavy atom. The lowest BCUT2D eigenvalue weighted by Crippen LogP contribution is -2.41. The van der Waals surface area contributed by atoms with Crippen molar-refractivity contribution < 1.29 is 4.79 Å². The van der Waals surface area contributed by atoms with Crippen LogP contribution in [0.25, 0.3) is 0 Å². The largest absolute Gasteiger partial charge is 0.352 e. The molecule has 0 bridgehead atoms. The van der Waals surface area contributed by atoms with Gasteiger partial charge in [-0.25, -0.2) is 0 Å². The summed E-state index contributed by atoms with van der Waals surface area (Å²) in [6.45, 7) is 11.4. The lowest BCUT2D eigenvalue weighted by molar-refractivity contribution is -0.122. The Kier molecular flexibility index (Phi) is 7.44. The first-order chi connectivity index (χ1) is 7.74. The molecule has 1 atom stereocenters. The smallest absolute Gasteiger partial charge is 0.220 e. The maximum atomic E-state index is 11.7. The van der Waals surface area contributed by atoms with E-state index in [1.807, 2.05) is 0 Å². The van der Waals surface area contributed by atoms with E-state index in [2.05, 4.69) is 39.9 Å². The van der Waals surface area contributed by atoms with Crippen LogP contribution in [-0.4, -0.2) is 18.5 Å². The van der Waals surface area contributed by atoms with Gasteiger partial charge in [-0.1, -0.05) is 34.6 Å². The number of nitrogens with two attached hydrogens (primary N) is 1. The first kappa shape index (κ1) is 16.4. The van der Waals surface area contributed by atoms with Gasteiger partial charge in [0.15, 0.2) is 0 Å². The number of amides is 1. The van der Waals surface area contributed by atoms with Crippen LogP contribution in [0, 0.1) is 11.3 Å². The summed E-state index contributed by atoms with van der Waals surface area (Å²) in [5, 5.41) is 3.02. The summed E-state index contributed by atoms with van der Waals surface area (Å²) in [4.78, 5) is 11.7. The average molecular weight is 242 g/mol. The fraction of sp³-hybridized carbons (Fsp3) is 0.929. The molecule has 0 aromatic rings. The van der Waals surface area contributed by atoms with Gasteiger partial charge in [-0.05, 0) is 30.6 Å². The molecular formula is C14H30N2O. The molecule has 17 heavy (non-hydrogen) atoms. The van der Waals surface area contributed by atoms with Crippen molar-refractivity contribution >= 4 is 5.91 Å². The zero-order valence-electron chi connectivity index (χ0n) is 12.2. The summed E-state index contributed by atoms with van der Waals surface area (Å²) in [5.41, 5.74) is 5.96. The average Bonchev–Trinajstić information content (AvgIpc) is 2.13. The molecular weight excluding hydrogens is 212 g/mol. The van der Waals surface area contributed by atoms with Crippen molar-refractivity contribution in [3.05, 3.63) is 0 Å². The predicted octanol–water partition coefficient (Wildman–Crippen LogP) is 2.69. The van der Waals surface area contributed by atoms with Gasteiger partial charge >= 0.3 is 0 Å². The van der Waals surface area contributed by atoms with Gasteiger partial charge in [0.2, 0.25) is 5.91 Å². The fourth-order valence-electron chi connectivity index (χ4n) is 1.86. The van der Waals surface area contributed by atoms with Crippen LogP contribution in [0.2, 0.25) is 0 Å². The second-order valence-corrected chi connectivity index (χ2v) is 6.54. The molecule has 102 valence electrons. The first-order valence-corrected chi connectivity index (χ1v) is 6.74. The van der Waals surface area contributed by atoms with Gasteiger partial charge in [0, 0.05) is 19.0 Å². The lowest BCUT2D eigenvalue weighted by atomic mass is 9.90. The highest BCUT2D eigenvalue weighted by molar-refractivity contribution is 5.76. The minimum absolute atomic E-state index is 0.136. The Morgan fingerprint density at radius 1 is 1.29 bits per heavy atom. The summed E-state index contributed by atoms with van der Waals surface area (Å²) in [6, 6.07) is 0.136. The van der Waals surface area contributed by atoms with Gasteiger partial charge in [-0.3, -0.25) is 4.79 Å². The van der Waals surface area contributed by atoms with E-state index in [0.717, 1.165) is 19.3 Å². The summed E-state index contributed by atoms with van der Waals surface area (Å²) in [7, 11) is 0. The van der Waals surface area contributed by atoms with E-state index in [1.54, 1.807) is 0 Å². The quantitative estimate of drug-likeness (QED) is 0.721. The molecule has 0 rings (SSSR count). The first-order valence-electron chi connectivity index (χ1n) is 6.74. The van der Waals surface area contributed by atoms with E-state index < -0.39 is 0 Å². The second kappa shape index (κ2) is 7.70. The van der Waals surface area contributed by atoms with E-state index in [1.165, 1.54) is 0 Å². The van der Waals surface area contributed by atoms with Crippen molar-refractivity contribution in [1.29, 1.82) is 0 Å². The topological polar surface area (TPSA) is 55.1 Å². The van der Waals surface area contributed by atoms with E-state index in [9.17, 15) is 4.79 Å². The molecule has 3 heteroatoms. The van der Waals surface area contributed by atoms with Crippen LogP contribution in [0.3, 0.4) is 0 Å². The van der Waals surface area contributed by atoms with Crippen LogP contribution in [0.15, 0.2) is 0 Å². The van der Waals surface area contributed by atoms with Gasteiger partial charge < -0.3 is 11.1 Å². The van der Waals surface area contributed by atoms with Crippen LogP contribution in [0.5, 0.6) is 0 Å². The van der Waals surface area contributed by atoms with Crippen LogP contribution in [0.1, 0.15) is 60.3 Å². The van der Waals surface area contributed by atoms with Gasteiger partial charge in [-0.2, -0.15) is 0 Å². The molecule has 0 aliphatic rings. The van der Waals surface area contributed by atoms with Crippen molar-refractivity contribution in [1.82, 2.24) is 5.32 Å². The normalized spacial score (nSPS) is 13.8. The molecule has 0 aliphatic heterocycles. The maximum absolute atomic E-state index is 11.7. The van der Waals surface area contributed by atoms with E-state index in [0.29, 0.717) is 24.3 Å². The molecule has 0 saturated carbocycles. The van der Waals surface area contributed by atoms with Crippen molar-refractivity contribution in [2.24, 2.45) is 17.1 Å². The van der Waals surface area contributed by atoms with E-state index in [4.69, 9.17) is 5.73 Å². The Morgan fingerprint density at radius 3 is 2.29 bits per heavy atom. The standard InChI is InChI=1S/C14H30N2O/c1-11(2)9-12(10-15)16-13(17)7-6-8-14(3,4)5/h11-12H,6-10,15H2,1-5H3,(H,16,17).